The lowest BCUT2D eigenvalue weighted by atomic mass is 9.79. The van der Waals surface area contributed by atoms with E-state index in [1.807, 2.05) is 31.2 Å². The van der Waals surface area contributed by atoms with E-state index >= 15 is 0 Å². The topological polar surface area (TPSA) is 130 Å². The summed E-state index contributed by atoms with van der Waals surface area (Å²) in [5.74, 6) is -0.522. The Balaban J connectivity index is 1.35. The number of fused-ring (bicyclic) bond motifs is 2. The summed E-state index contributed by atoms with van der Waals surface area (Å²) in [4.78, 5) is 38.1. The SMILES string of the molecule is CNC(=O)c1cc(-c2ccc3cnc(CNC(=O)c4ccc5c(c4)[C@](C)(C#N)COC5)cc3n2)ccn1. The largest absolute Gasteiger partial charge is 0.375 e. The van der Waals surface area contributed by atoms with Crippen LogP contribution >= 0.6 is 0 Å². The van der Waals surface area contributed by atoms with Crippen LogP contribution in [0.4, 0.5) is 0 Å². The van der Waals surface area contributed by atoms with E-state index in [4.69, 9.17) is 9.72 Å². The molecule has 0 radical (unpaired) electrons. The van der Waals surface area contributed by atoms with Crippen LogP contribution in [-0.2, 0) is 23.3 Å². The second kappa shape index (κ2) is 9.76. The fourth-order valence-corrected chi connectivity index (χ4v) is 4.32. The van der Waals surface area contributed by atoms with Crippen LogP contribution in [-0.4, -0.2) is 40.4 Å². The highest BCUT2D eigenvalue weighted by Gasteiger charge is 2.33. The number of nitrogens with zero attached hydrogens (tertiary/aromatic N) is 4. The molecule has 4 aromatic rings. The van der Waals surface area contributed by atoms with E-state index in [0.717, 1.165) is 22.1 Å². The molecule has 0 unspecified atom stereocenters. The van der Waals surface area contributed by atoms with E-state index < -0.39 is 5.41 Å². The maximum Gasteiger partial charge on any atom is 0.269 e. The number of aromatic nitrogens is 3. The van der Waals surface area contributed by atoms with Crippen molar-refractivity contribution >= 4 is 22.7 Å². The molecule has 1 aromatic carbocycles. The molecular weight excluding hydrogens is 468 g/mol. The van der Waals surface area contributed by atoms with Crippen molar-refractivity contribution in [2.45, 2.75) is 25.5 Å². The molecule has 0 saturated carbocycles. The number of amides is 2. The van der Waals surface area contributed by atoms with Gasteiger partial charge in [-0.25, -0.2) is 4.98 Å². The van der Waals surface area contributed by atoms with Crippen molar-refractivity contribution in [2.24, 2.45) is 0 Å². The van der Waals surface area contributed by atoms with Gasteiger partial charge in [0, 0.05) is 36.0 Å². The maximum absolute atomic E-state index is 12.9. The van der Waals surface area contributed by atoms with Gasteiger partial charge in [0.2, 0.25) is 0 Å². The average Bonchev–Trinajstić information content (AvgIpc) is 2.95. The summed E-state index contributed by atoms with van der Waals surface area (Å²) in [6.07, 6.45) is 3.29. The second-order valence-corrected chi connectivity index (χ2v) is 9.07. The molecule has 9 heteroatoms. The number of carbonyl (C=O) groups excluding carboxylic acids is 2. The Morgan fingerprint density at radius 1 is 1.11 bits per heavy atom. The highest BCUT2D eigenvalue weighted by atomic mass is 16.5. The monoisotopic (exact) mass is 492 g/mol. The van der Waals surface area contributed by atoms with Crippen molar-refractivity contribution in [1.29, 1.82) is 5.26 Å². The van der Waals surface area contributed by atoms with Gasteiger partial charge in [0.1, 0.15) is 11.1 Å². The third-order valence-electron chi connectivity index (χ3n) is 6.44. The lowest BCUT2D eigenvalue weighted by Gasteiger charge is -2.30. The Hall–Kier alpha value is -4.68. The first-order valence-corrected chi connectivity index (χ1v) is 11.7. The minimum absolute atomic E-state index is 0.215. The number of hydrogen-bond acceptors (Lipinski definition) is 7. The highest BCUT2D eigenvalue weighted by Crippen LogP contribution is 2.32. The summed E-state index contributed by atoms with van der Waals surface area (Å²) in [7, 11) is 1.56. The molecule has 0 aliphatic carbocycles. The number of ether oxygens (including phenoxy) is 1. The molecule has 184 valence electrons. The van der Waals surface area contributed by atoms with Gasteiger partial charge in [0.05, 0.1) is 42.7 Å². The Morgan fingerprint density at radius 3 is 2.78 bits per heavy atom. The summed E-state index contributed by atoms with van der Waals surface area (Å²) in [6.45, 7) is 2.76. The highest BCUT2D eigenvalue weighted by molar-refractivity contribution is 5.95. The molecule has 5 rings (SSSR count). The molecule has 0 spiro atoms. The van der Waals surface area contributed by atoms with E-state index in [0.29, 0.717) is 41.4 Å². The summed E-state index contributed by atoms with van der Waals surface area (Å²) in [6, 6.07) is 16.8. The molecule has 1 atom stereocenters. The predicted octanol–water partition coefficient (Wildman–Crippen LogP) is 3.29. The van der Waals surface area contributed by atoms with Crippen molar-refractivity contribution in [3.05, 3.63) is 89.0 Å². The number of pyridine rings is 3. The Kier molecular flexibility index (Phi) is 6.34. The fourth-order valence-electron chi connectivity index (χ4n) is 4.32. The van der Waals surface area contributed by atoms with Crippen LogP contribution in [0.15, 0.2) is 60.9 Å². The molecule has 0 fully saturated rings. The zero-order chi connectivity index (χ0) is 26.0. The lowest BCUT2D eigenvalue weighted by Crippen LogP contribution is -2.33. The molecule has 1 aliphatic heterocycles. The predicted molar refractivity (Wildman–Crippen MR) is 136 cm³/mol. The molecule has 4 heterocycles. The first-order valence-electron chi connectivity index (χ1n) is 11.7. The molecule has 0 saturated heterocycles. The minimum Gasteiger partial charge on any atom is -0.375 e. The van der Waals surface area contributed by atoms with Gasteiger partial charge in [-0.05, 0) is 60.5 Å². The van der Waals surface area contributed by atoms with E-state index in [1.54, 1.807) is 43.7 Å². The Labute approximate surface area is 213 Å². The van der Waals surface area contributed by atoms with Gasteiger partial charge in [-0.15, -0.1) is 0 Å². The van der Waals surface area contributed by atoms with Crippen molar-refractivity contribution in [1.82, 2.24) is 25.6 Å². The zero-order valence-corrected chi connectivity index (χ0v) is 20.4. The summed E-state index contributed by atoms with van der Waals surface area (Å²) < 4.78 is 5.54. The summed E-state index contributed by atoms with van der Waals surface area (Å²) in [5.41, 5.74) is 4.57. The smallest absolute Gasteiger partial charge is 0.269 e. The summed E-state index contributed by atoms with van der Waals surface area (Å²) >= 11 is 0. The Morgan fingerprint density at radius 2 is 1.97 bits per heavy atom. The normalized spacial score (nSPS) is 16.5. The van der Waals surface area contributed by atoms with Gasteiger partial charge in [0.25, 0.3) is 11.8 Å². The van der Waals surface area contributed by atoms with Gasteiger partial charge >= 0.3 is 0 Å². The number of hydrogen-bond donors (Lipinski definition) is 2. The molecule has 2 amide bonds. The van der Waals surface area contributed by atoms with Crippen LogP contribution in [0, 0.1) is 11.3 Å². The second-order valence-electron chi connectivity index (χ2n) is 9.07. The molecule has 0 bridgehead atoms. The van der Waals surface area contributed by atoms with Crippen molar-refractivity contribution in [3.63, 3.8) is 0 Å². The molecule has 1 aliphatic rings. The third-order valence-corrected chi connectivity index (χ3v) is 6.44. The number of nitriles is 1. The first-order chi connectivity index (χ1) is 17.9. The van der Waals surface area contributed by atoms with Gasteiger partial charge in [-0.3, -0.25) is 19.6 Å². The maximum atomic E-state index is 12.9. The van der Waals surface area contributed by atoms with E-state index in [-0.39, 0.29) is 18.4 Å². The number of carbonyl (C=O) groups is 2. The van der Waals surface area contributed by atoms with Crippen molar-refractivity contribution in [3.8, 4) is 17.3 Å². The average molecular weight is 493 g/mol. The Bertz CT molecular complexity index is 1580. The van der Waals surface area contributed by atoms with E-state index in [2.05, 4.69) is 26.7 Å². The standard InChI is InChI=1S/C28H24N6O3/c1-28(15-29)16-37-14-20-4-3-18(9-22(20)28)26(35)33-13-21-11-24-19(12-32-21)5-6-23(34-24)17-7-8-31-25(10-17)27(36)30-2/h3-12H,13-14,16H2,1-2H3,(H,30,36)(H,33,35)/t28-/m1/s1. The first kappa shape index (κ1) is 24.0. The van der Waals surface area contributed by atoms with Crippen molar-refractivity contribution in [2.75, 3.05) is 13.7 Å². The van der Waals surface area contributed by atoms with Gasteiger partial charge < -0.3 is 15.4 Å². The van der Waals surface area contributed by atoms with E-state index in [9.17, 15) is 14.9 Å². The van der Waals surface area contributed by atoms with Crippen LogP contribution in [0.3, 0.4) is 0 Å². The minimum atomic E-state index is -0.789. The summed E-state index contributed by atoms with van der Waals surface area (Å²) in [5, 5.41) is 16.0. The van der Waals surface area contributed by atoms with Gasteiger partial charge in [-0.1, -0.05) is 6.07 Å². The van der Waals surface area contributed by atoms with Crippen LogP contribution in [0.2, 0.25) is 0 Å². The molecule has 37 heavy (non-hydrogen) atoms. The van der Waals surface area contributed by atoms with E-state index in [1.165, 1.54) is 0 Å². The molecular formula is C28H24N6O3. The number of benzene rings is 1. The quantitative estimate of drug-likeness (QED) is 0.437. The lowest BCUT2D eigenvalue weighted by molar-refractivity contribution is 0.0757. The van der Waals surface area contributed by atoms with Crippen LogP contribution in [0.5, 0.6) is 0 Å². The third kappa shape index (κ3) is 4.75. The van der Waals surface area contributed by atoms with Crippen molar-refractivity contribution < 1.29 is 14.3 Å². The molecule has 3 aromatic heterocycles. The van der Waals surface area contributed by atoms with Crippen LogP contribution in [0.25, 0.3) is 22.2 Å². The number of nitrogens with one attached hydrogen (secondary N) is 2. The van der Waals surface area contributed by atoms with Gasteiger partial charge in [0.15, 0.2) is 0 Å². The molecule has 2 N–H and O–H groups in total. The fraction of sp³-hybridized carbons (Fsp3) is 0.214. The van der Waals surface area contributed by atoms with Crippen LogP contribution < -0.4 is 10.6 Å². The number of rotatable bonds is 5. The van der Waals surface area contributed by atoms with Gasteiger partial charge in [-0.2, -0.15) is 5.26 Å². The van der Waals surface area contributed by atoms with Crippen LogP contribution in [0.1, 0.15) is 44.6 Å². The zero-order valence-electron chi connectivity index (χ0n) is 20.4. The molecule has 9 nitrogen and oxygen atoms in total.